The SMILES string of the molecule is O=C(Cn1ccnc1N=Nc1ccc(Cl)cc1)N1CCCC1. The van der Waals surface area contributed by atoms with Gasteiger partial charge in [-0.3, -0.25) is 4.79 Å². The maximum Gasteiger partial charge on any atom is 0.249 e. The minimum atomic E-state index is 0.0958. The Kier molecular flexibility index (Phi) is 4.48. The average Bonchev–Trinajstić information content (AvgIpc) is 3.18. The molecule has 7 heteroatoms. The third-order valence-electron chi connectivity index (χ3n) is 3.54. The van der Waals surface area contributed by atoms with Gasteiger partial charge in [-0.25, -0.2) is 4.98 Å². The highest BCUT2D eigenvalue weighted by atomic mass is 35.5. The molecular formula is C15H16ClN5O. The van der Waals surface area contributed by atoms with Crippen molar-refractivity contribution < 1.29 is 4.79 Å². The molecule has 0 aliphatic carbocycles. The summed E-state index contributed by atoms with van der Waals surface area (Å²) in [7, 11) is 0. The first-order valence-corrected chi connectivity index (χ1v) is 7.56. The molecule has 0 unspecified atom stereocenters. The van der Waals surface area contributed by atoms with E-state index in [1.807, 2.05) is 4.90 Å². The summed E-state index contributed by atoms with van der Waals surface area (Å²) in [6.45, 7) is 1.93. The third-order valence-corrected chi connectivity index (χ3v) is 3.79. The van der Waals surface area contributed by atoms with Gasteiger partial charge in [0.2, 0.25) is 11.9 Å². The lowest BCUT2D eigenvalue weighted by atomic mass is 10.3. The van der Waals surface area contributed by atoms with Gasteiger partial charge in [-0.2, -0.15) is 0 Å². The molecule has 0 radical (unpaired) electrons. The number of halogens is 1. The fourth-order valence-corrected chi connectivity index (χ4v) is 2.48. The molecule has 6 nitrogen and oxygen atoms in total. The number of hydrogen-bond acceptors (Lipinski definition) is 4. The summed E-state index contributed by atoms with van der Waals surface area (Å²) in [5.41, 5.74) is 0.685. The smallest absolute Gasteiger partial charge is 0.249 e. The highest BCUT2D eigenvalue weighted by Gasteiger charge is 2.18. The Hall–Kier alpha value is -2.21. The Balaban J connectivity index is 1.69. The molecule has 0 saturated carbocycles. The molecule has 0 spiro atoms. The van der Waals surface area contributed by atoms with Crippen LogP contribution in [0.3, 0.4) is 0 Å². The standard InChI is InChI=1S/C15H16ClN5O/c16-12-3-5-13(6-4-12)18-19-15-17-7-10-21(15)11-14(22)20-8-1-2-9-20/h3-7,10H,1-2,8-9,11H2. The van der Waals surface area contributed by atoms with E-state index in [2.05, 4.69) is 15.2 Å². The van der Waals surface area contributed by atoms with Crippen molar-refractivity contribution in [3.63, 3.8) is 0 Å². The number of imidazole rings is 1. The molecular weight excluding hydrogens is 302 g/mol. The number of carbonyl (C=O) groups is 1. The van der Waals surface area contributed by atoms with E-state index in [-0.39, 0.29) is 12.5 Å². The molecule has 1 aromatic carbocycles. The molecule has 114 valence electrons. The van der Waals surface area contributed by atoms with Gasteiger partial charge in [0, 0.05) is 30.5 Å². The zero-order chi connectivity index (χ0) is 15.4. The van der Waals surface area contributed by atoms with Gasteiger partial charge in [-0.05, 0) is 37.1 Å². The van der Waals surface area contributed by atoms with E-state index in [4.69, 9.17) is 11.6 Å². The number of nitrogens with zero attached hydrogens (tertiary/aromatic N) is 5. The number of rotatable bonds is 4. The normalized spacial score (nSPS) is 14.9. The van der Waals surface area contributed by atoms with Gasteiger partial charge in [0.25, 0.3) is 0 Å². The number of amides is 1. The second-order valence-corrected chi connectivity index (χ2v) is 5.56. The van der Waals surface area contributed by atoms with Gasteiger partial charge >= 0.3 is 0 Å². The number of hydrogen-bond donors (Lipinski definition) is 0. The molecule has 0 bridgehead atoms. The van der Waals surface area contributed by atoms with Crippen LogP contribution in [0, 0.1) is 0 Å². The lowest BCUT2D eigenvalue weighted by molar-refractivity contribution is -0.130. The number of benzene rings is 1. The van der Waals surface area contributed by atoms with E-state index >= 15 is 0 Å². The zero-order valence-corrected chi connectivity index (χ0v) is 12.8. The molecule has 1 aromatic heterocycles. The highest BCUT2D eigenvalue weighted by molar-refractivity contribution is 6.30. The van der Waals surface area contributed by atoms with E-state index in [1.54, 1.807) is 41.2 Å². The summed E-state index contributed by atoms with van der Waals surface area (Å²) in [4.78, 5) is 18.2. The van der Waals surface area contributed by atoms with Gasteiger partial charge in [0.05, 0.1) is 5.69 Å². The Labute approximate surface area is 133 Å². The van der Waals surface area contributed by atoms with Crippen molar-refractivity contribution in [1.82, 2.24) is 14.5 Å². The van der Waals surface area contributed by atoms with E-state index in [9.17, 15) is 4.79 Å². The topological polar surface area (TPSA) is 62.9 Å². The van der Waals surface area contributed by atoms with Crippen LogP contribution in [0.25, 0.3) is 0 Å². The van der Waals surface area contributed by atoms with Crippen LogP contribution < -0.4 is 0 Å². The van der Waals surface area contributed by atoms with E-state index in [1.165, 1.54) is 0 Å². The predicted octanol–water partition coefficient (Wildman–Crippen LogP) is 3.57. The minimum Gasteiger partial charge on any atom is -0.341 e. The summed E-state index contributed by atoms with van der Waals surface area (Å²) >= 11 is 5.83. The summed E-state index contributed by atoms with van der Waals surface area (Å²) < 4.78 is 1.71. The molecule has 0 N–H and O–H groups in total. The van der Waals surface area contributed by atoms with Gasteiger partial charge in [-0.15, -0.1) is 10.2 Å². The van der Waals surface area contributed by atoms with Gasteiger partial charge in [0.15, 0.2) is 0 Å². The fraction of sp³-hybridized carbons (Fsp3) is 0.333. The van der Waals surface area contributed by atoms with Crippen molar-refractivity contribution in [2.75, 3.05) is 13.1 Å². The molecule has 1 saturated heterocycles. The quantitative estimate of drug-likeness (QED) is 0.809. The van der Waals surface area contributed by atoms with Crippen LogP contribution >= 0.6 is 11.6 Å². The molecule has 22 heavy (non-hydrogen) atoms. The summed E-state index contributed by atoms with van der Waals surface area (Å²) in [6.07, 6.45) is 5.52. The molecule has 1 amide bonds. The largest absolute Gasteiger partial charge is 0.341 e. The Morgan fingerprint density at radius 1 is 1.18 bits per heavy atom. The second kappa shape index (κ2) is 6.70. The Bertz CT molecular complexity index is 673. The van der Waals surface area contributed by atoms with Crippen molar-refractivity contribution in [3.8, 4) is 0 Å². The van der Waals surface area contributed by atoms with Crippen molar-refractivity contribution >= 4 is 29.1 Å². The molecule has 0 atom stereocenters. The fourth-order valence-electron chi connectivity index (χ4n) is 2.35. The van der Waals surface area contributed by atoms with Crippen LogP contribution in [0.2, 0.25) is 5.02 Å². The van der Waals surface area contributed by atoms with E-state index < -0.39 is 0 Å². The van der Waals surface area contributed by atoms with Crippen molar-refractivity contribution in [2.45, 2.75) is 19.4 Å². The van der Waals surface area contributed by atoms with Gasteiger partial charge < -0.3 is 9.47 Å². The molecule has 1 aliphatic heterocycles. The number of aromatic nitrogens is 2. The van der Waals surface area contributed by atoms with Crippen molar-refractivity contribution in [2.24, 2.45) is 10.2 Å². The van der Waals surface area contributed by atoms with E-state index in [0.29, 0.717) is 16.7 Å². The summed E-state index contributed by atoms with van der Waals surface area (Å²) in [6, 6.07) is 7.04. The molecule has 2 aromatic rings. The van der Waals surface area contributed by atoms with Crippen molar-refractivity contribution in [1.29, 1.82) is 0 Å². The van der Waals surface area contributed by atoms with Crippen LogP contribution in [-0.4, -0.2) is 33.4 Å². The van der Waals surface area contributed by atoms with Crippen LogP contribution in [0.5, 0.6) is 0 Å². The first kappa shape index (κ1) is 14.7. The minimum absolute atomic E-state index is 0.0958. The first-order valence-electron chi connectivity index (χ1n) is 7.18. The zero-order valence-electron chi connectivity index (χ0n) is 12.0. The van der Waals surface area contributed by atoms with Gasteiger partial charge in [-0.1, -0.05) is 11.6 Å². The number of likely N-dealkylation sites (tertiary alicyclic amines) is 1. The second-order valence-electron chi connectivity index (χ2n) is 5.12. The van der Waals surface area contributed by atoms with Crippen LogP contribution in [0.4, 0.5) is 11.6 Å². The molecule has 1 fully saturated rings. The Morgan fingerprint density at radius 2 is 1.91 bits per heavy atom. The monoisotopic (exact) mass is 317 g/mol. The van der Waals surface area contributed by atoms with E-state index in [0.717, 1.165) is 25.9 Å². The average molecular weight is 318 g/mol. The van der Waals surface area contributed by atoms with Gasteiger partial charge in [0.1, 0.15) is 6.54 Å². The summed E-state index contributed by atoms with van der Waals surface area (Å²) in [5.74, 6) is 0.515. The molecule has 1 aliphatic rings. The van der Waals surface area contributed by atoms with Crippen LogP contribution in [-0.2, 0) is 11.3 Å². The maximum atomic E-state index is 12.2. The Morgan fingerprint density at radius 3 is 2.64 bits per heavy atom. The third kappa shape index (κ3) is 3.51. The molecule has 3 rings (SSSR count). The molecule has 2 heterocycles. The number of carbonyl (C=O) groups excluding carboxylic acids is 1. The predicted molar refractivity (Wildman–Crippen MR) is 83.7 cm³/mol. The first-order chi connectivity index (χ1) is 10.7. The van der Waals surface area contributed by atoms with Crippen LogP contribution in [0.1, 0.15) is 12.8 Å². The highest BCUT2D eigenvalue weighted by Crippen LogP contribution is 2.19. The lowest BCUT2D eigenvalue weighted by Gasteiger charge is -2.15. The van der Waals surface area contributed by atoms with Crippen molar-refractivity contribution in [3.05, 3.63) is 41.7 Å². The van der Waals surface area contributed by atoms with Crippen LogP contribution in [0.15, 0.2) is 46.9 Å². The summed E-state index contributed by atoms with van der Waals surface area (Å²) in [5, 5.41) is 8.87. The lowest BCUT2D eigenvalue weighted by Crippen LogP contribution is -2.30. The number of azo groups is 1. The maximum absolute atomic E-state index is 12.2.